The van der Waals surface area contributed by atoms with Gasteiger partial charge in [0.15, 0.2) is 0 Å². The Balaban J connectivity index is 1.83. The highest BCUT2D eigenvalue weighted by atomic mass is 79.9. The van der Waals surface area contributed by atoms with Crippen LogP contribution in [0.5, 0.6) is 0 Å². The first-order valence-electron chi connectivity index (χ1n) is 7.83. The quantitative estimate of drug-likeness (QED) is 0.598. The fraction of sp³-hybridized carbons (Fsp3) is 0.294. The molecule has 1 fully saturated rings. The molecule has 1 saturated heterocycles. The Bertz CT molecular complexity index is 782. The SMILES string of the molecule is O=[N+]([O-])c1cc(F)ccc1NCc1ccc(Br)cc1N1CCOCC1. The molecule has 0 radical (unpaired) electrons. The van der Waals surface area contributed by atoms with Crippen LogP contribution in [0.1, 0.15) is 5.56 Å². The molecule has 6 nitrogen and oxygen atoms in total. The molecule has 3 rings (SSSR count). The predicted octanol–water partition coefficient (Wildman–Crippen LogP) is 3.95. The van der Waals surface area contributed by atoms with E-state index in [0.717, 1.165) is 34.9 Å². The number of benzene rings is 2. The van der Waals surface area contributed by atoms with Crippen LogP contribution in [0.3, 0.4) is 0 Å². The lowest BCUT2D eigenvalue weighted by molar-refractivity contribution is -0.384. The smallest absolute Gasteiger partial charge is 0.295 e. The zero-order valence-corrected chi connectivity index (χ0v) is 15.0. The molecule has 8 heteroatoms. The summed E-state index contributed by atoms with van der Waals surface area (Å²) in [5.74, 6) is -0.630. The molecule has 0 unspecified atom stereocenters. The van der Waals surface area contributed by atoms with Crippen LogP contribution in [0.15, 0.2) is 40.9 Å². The summed E-state index contributed by atoms with van der Waals surface area (Å²) in [7, 11) is 0. The summed E-state index contributed by atoms with van der Waals surface area (Å²) in [4.78, 5) is 12.8. The van der Waals surface area contributed by atoms with E-state index < -0.39 is 10.7 Å². The Labute approximate surface area is 152 Å². The fourth-order valence-electron chi connectivity index (χ4n) is 2.78. The van der Waals surface area contributed by atoms with Gasteiger partial charge in [-0.1, -0.05) is 22.0 Å². The number of anilines is 2. The van der Waals surface area contributed by atoms with E-state index >= 15 is 0 Å². The number of nitrogens with one attached hydrogen (secondary N) is 1. The molecule has 1 heterocycles. The number of ether oxygens (including phenoxy) is 1. The third kappa shape index (κ3) is 4.26. The zero-order chi connectivity index (χ0) is 17.8. The number of hydrogen-bond acceptors (Lipinski definition) is 5. The van der Waals surface area contributed by atoms with Crippen LogP contribution >= 0.6 is 15.9 Å². The second kappa shape index (κ2) is 7.79. The van der Waals surface area contributed by atoms with Gasteiger partial charge in [0.2, 0.25) is 0 Å². The summed E-state index contributed by atoms with van der Waals surface area (Å²) in [6.07, 6.45) is 0. The third-order valence-corrected chi connectivity index (χ3v) is 4.52. The highest BCUT2D eigenvalue weighted by molar-refractivity contribution is 9.10. The van der Waals surface area contributed by atoms with Crippen LogP contribution in [-0.4, -0.2) is 31.2 Å². The van der Waals surface area contributed by atoms with Gasteiger partial charge < -0.3 is 15.0 Å². The van der Waals surface area contributed by atoms with E-state index in [1.165, 1.54) is 12.1 Å². The highest BCUT2D eigenvalue weighted by Crippen LogP contribution is 2.29. The number of rotatable bonds is 5. The minimum Gasteiger partial charge on any atom is -0.378 e. The molecule has 1 aliphatic rings. The summed E-state index contributed by atoms with van der Waals surface area (Å²) in [6, 6.07) is 9.45. The van der Waals surface area contributed by atoms with Gasteiger partial charge >= 0.3 is 0 Å². The van der Waals surface area contributed by atoms with Crippen molar-refractivity contribution in [3.63, 3.8) is 0 Å². The topological polar surface area (TPSA) is 67.6 Å². The van der Waals surface area contributed by atoms with Gasteiger partial charge in [-0.2, -0.15) is 0 Å². The summed E-state index contributed by atoms with van der Waals surface area (Å²) in [5, 5.41) is 14.2. The van der Waals surface area contributed by atoms with Gasteiger partial charge in [0, 0.05) is 29.8 Å². The molecule has 132 valence electrons. The summed E-state index contributed by atoms with van der Waals surface area (Å²) < 4.78 is 19.6. The minimum atomic E-state index is -0.630. The van der Waals surface area contributed by atoms with Crippen molar-refractivity contribution >= 4 is 33.0 Å². The molecule has 0 aliphatic carbocycles. The first-order chi connectivity index (χ1) is 12.0. The first-order valence-corrected chi connectivity index (χ1v) is 8.63. The molecule has 1 N–H and O–H groups in total. The molecule has 0 atom stereocenters. The van der Waals surface area contributed by atoms with E-state index in [-0.39, 0.29) is 5.69 Å². The number of halogens is 2. The Kier molecular flexibility index (Phi) is 5.50. The number of nitrogens with zero attached hydrogens (tertiary/aromatic N) is 2. The van der Waals surface area contributed by atoms with Crippen LogP contribution < -0.4 is 10.2 Å². The van der Waals surface area contributed by atoms with Crippen molar-refractivity contribution in [2.75, 3.05) is 36.5 Å². The number of hydrogen-bond donors (Lipinski definition) is 1. The molecule has 0 saturated carbocycles. The highest BCUT2D eigenvalue weighted by Gasteiger charge is 2.18. The fourth-order valence-corrected chi connectivity index (χ4v) is 3.13. The van der Waals surface area contributed by atoms with Crippen LogP contribution in [0.25, 0.3) is 0 Å². The van der Waals surface area contributed by atoms with Gasteiger partial charge in [-0.3, -0.25) is 10.1 Å². The Morgan fingerprint density at radius 3 is 2.72 bits per heavy atom. The predicted molar refractivity (Wildman–Crippen MR) is 97.6 cm³/mol. The van der Waals surface area contributed by atoms with Crippen molar-refractivity contribution in [2.24, 2.45) is 0 Å². The summed E-state index contributed by atoms with van der Waals surface area (Å²) in [6.45, 7) is 3.32. The molecule has 2 aromatic rings. The molecule has 2 aromatic carbocycles. The first kappa shape index (κ1) is 17.6. The van der Waals surface area contributed by atoms with E-state index in [0.29, 0.717) is 25.4 Å². The third-order valence-electron chi connectivity index (χ3n) is 4.02. The summed E-state index contributed by atoms with van der Waals surface area (Å²) >= 11 is 3.49. The van der Waals surface area contributed by atoms with Crippen molar-refractivity contribution in [3.8, 4) is 0 Å². The largest absolute Gasteiger partial charge is 0.378 e. The molecular formula is C17H17BrFN3O3. The molecule has 0 bridgehead atoms. The molecule has 0 aromatic heterocycles. The Morgan fingerprint density at radius 1 is 1.24 bits per heavy atom. The summed E-state index contributed by atoms with van der Waals surface area (Å²) in [5.41, 5.74) is 2.07. The average Bonchev–Trinajstić information content (AvgIpc) is 2.62. The standard InChI is InChI=1S/C17H17BrFN3O3/c18-13-2-1-12(16(9-13)21-5-7-25-8-6-21)11-20-15-4-3-14(19)10-17(15)22(23)24/h1-4,9-10,20H,5-8,11H2. The maximum atomic E-state index is 13.3. The number of nitro benzene ring substituents is 1. The van der Waals surface area contributed by atoms with Crippen LogP contribution in [0.2, 0.25) is 0 Å². The van der Waals surface area contributed by atoms with Crippen molar-refractivity contribution in [1.82, 2.24) is 0 Å². The lowest BCUT2D eigenvalue weighted by Gasteiger charge is -2.31. The van der Waals surface area contributed by atoms with E-state index in [1.54, 1.807) is 0 Å². The van der Waals surface area contributed by atoms with Gasteiger partial charge in [0.25, 0.3) is 5.69 Å². The van der Waals surface area contributed by atoms with Crippen LogP contribution in [0.4, 0.5) is 21.5 Å². The Morgan fingerprint density at radius 2 is 2.00 bits per heavy atom. The second-order valence-electron chi connectivity index (χ2n) is 5.64. The van der Waals surface area contributed by atoms with Crippen LogP contribution in [0, 0.1) is 15.9 Å². The molecule has 0 spiro atoms. The van der Waals surface area contributed by atoms with E-state index in [2.05, 4.69) is 26.1 Å². The van der Waals surface area contributed by atoms with Crippen molar-refractivity contribution in [3.05, 3.63) is 62.4 Å². The molecule has 1 aliphatic heterocycles. The minimum absolute atomic E-state index is 0.273. The van der Waals surface area contributed by atoms with Crippen LogP contribution in [-0.2, 0) is 11.3 Å². The number of morpholine rings is 1. The van der Waals surface area contributed by atoms with E-state index in [1.807, 2.05) is 18.2 Å². The lowest BCUT2D eigenvalue weighted by atomic mass is 10.1. The molecule has 0 amide bonds. The Hall–Kier alpha value is -2.19. The van der Waals surface area contributed by atoms with Gasteiger partial charge in [-0.25, -0.2) is 4.39 Å². The van der Waals surface area contributed by atoms with E-state index in [4.69, 9.17) is 4.74 Å². The van der Waals surface area contributed by atoms with Gasteiger partial charge in [0.1, 0.15) is 11.5 Å². The lowest BCUT2D eigenvalue weighted by Crippen LogP contribution is -2.36. The monoisotopic (exact) mass is 409 g/mol. The van der Waals surface area contributed by atoms with Crippen molar-refractivity contribution < 1.29 is 14.1 Å². The maximum absolute atomic E-state index is 13.3. The molecule has 25 heavy (non-hydrogen) atoms. The second-order valence-corrected chi connectivity index (χ2v) is 6.56. The van der Waals surface area contributed by atoms with E-state index in [9.17, 15) is 14.5 Å². The normalized spacial score (nSPS) is 14.4. The van der Waals surface area contributed by atoms with Crippen molar-refractivity contribution in [2.45, 2.75) is 6.54 Å². The molecular weight excluding hydrogens is 393 g/mol. The average molecular weight is 410 g/mol. The number of nitro groups is 1. The van der Waals surface area contributed by atoms with Gasteiger partial charge in [-0.15, -0.1) is 0 Å². The van der Waals surface area contributed by atoms with Crippen molar-refractivity contribution in [1.29, 1.82) is 0 Å². The zero-order valence-electron chi connectivity index (χ0n) is 13.4. The van der Waals surface area contributed by atoms with Gasteiger partial charge in [-0.05, 0) is 29.8 Å². The van der Waals surface area contributed by atoms with Gasteiger partial charge in [0.05, 0.1) is 24.2 Å². The maximum Gasteiger partial charge on any atom is 0.295 e.